The molecular weight excluding hydrogens is 252 g/mol. The maximum atomic E-state index is 10.4. The van der Waals surface area contributed by atoms with Crippen LogP contribution in [0, 0.1) is 5.92 Å². The van der Waals surface area contributed by atoms with Crippen LogP contribution in [0.1, 0.15) is 51.9 Å². The van der Waals surface area contributed by atoms with E-state index in [-0.39, 0.29) is 0 Å². The van der Waals surface area contributed by atoms with Gasteiger partial charge in [-0.15, -0.1) is 0 Å². The Morgan fingerprint density at radius 3 is 2.75 bits per heavy atom. The molecule has 0 spiro atoms. The second-order valence-corrected chi connectivity index (χ2v) is 6.88. The summed E-state index contributed by atoms with van der Waals surface area (Å²) in [6.07, 6.45) is 8.60. The van der Waals surface area contributed by atoms with E-state index in [1.165, 1.54) is 45.1 Å². The number of aliphatic hydroxyl groups is 1. The fraction of sp³-hybridized carbons (Fsp3) is 1.00. The Balaban J connectivity index is 1.82. The summed E-state index contributed by atoms with van der Waals surface area (Å²) in [5, 5.41) is 17.7. The molecule has 4 unspecified atom stereocenters. The highest BCUT2D eigenvalue weighted by Crippen LogP contribution is 2.30. The number of rotatable bonds is 7. The Bertz CT molecular complexity index is 278. The van der Waals surface area contributed by atoms with Crippen molar-refractivity contribution in [2.45, 2.75) is 69.6 Å². The van der Waals surface area contributed by atoms with E-state index in [2.05, 4.69) is 10.6 Å². The molecule has 4 heteroatoms. The highest BCUT2D eigenvalue weighted by Gasteiger charge is 2.34. The van der Waals surface area contributed by atoms with E-state index in [1.54, 1.807) is 7.11 Å². The van der Waals surface area contributed by atoms with Crippen molar-refractivity contribution in [2.75, 3.05) is 26.8 Å². The maximum Gasteiger partial charge on any atom is 0.0765 e. The van der Waals surface area contributed by atoms with Crippen LogP contribution in [0.2, 0.25) is 0 Å². The highest BCUT2D eigenvalue weighted by atomic mass is 16.5. The summed E-state index contributed by atoms with van der Waals surface area (Å²) in [5.74, 6) is 0.740. The van der Waals surface area contributed by atoms with Crippen molar-refractivity contribution in [2.24, 2.45) is 5.92 Å². The highest BCUT2D eigenvalue weighted by molar-refractivity contribution is 4.92. The average Bonchev–Trinajstić information content (AvgIpc) is 2.97. The largest absolute Gasteiger partial charge is 0.389 e. The van der Waals surface area contributed by atoms with Crippen molar-refractivity contribution in [3.05, 3.63) is 0 Å². The van der Waals surface area contributed by atoms with E-state index in [0.717, 1.165) is 5.92 Å². The van der Waals surface area contributed by atoms with Gasteiger partial charge in [-0.25, -0.2) is 0 Å². The van der Waals surface area contributed by atoms with Gasteiger partial charge >= 0.3 is 0 Å². The van der Waals surface area contributed by atoms with Gasteiger partial charge in [-0.1, -0.05) is 12.8 Å². The third kappa shape index (κ3) is 4.69. The fourth-order valence-electron chi connectivity index (χ4n) is 3.73. The molecule has 0 amide bonds. The van der Waals surface area contributed by atoms with Gasteiger partial charge in [-0.3, -0.25) is 0 Å². The molecule has 2 aliphatic rings. The first-order chi connectivity index (χ1) is 9.62. The first-order valence-corrected chi connectivity index (χ1v) is 8.30. The SMILES string of the molecule is COCCC(C)(O)CNC1CCCCC1C1CCCN1. The van der Waals surface area contributed by atoms with E-state index in [4.69, 9.17) is 4.74 Å². The Hall–Kier alpha value is -0.160. The minimum absolute atomic E-state index is 0.563. The molecule has 1 heterocycles. The number of ether oxygens (including phenoxy) is 1. The molecule has 4 atom stereocenters. The van der Waals surface area contributed by atoms with Gasteiger partial charge in [0.1, 0.15) is 0 Å². The summed E-state index contributed by atoms with van der Waals surface area (Å²) in [6.45, 7) is 4.38. The van der Waals surface area contributed by atoms with Crippen LogP contribution < -0.4 is 10.6 Å². The van der Waals surface area contributed by atoms with Gasteiger partial charge in [-0.2, -0.15) is 0 Å². The fourth-order valence-corrected chi connectivity index (χ4v) is 3.73. The molecule has 0 aromatic carbocycles. The zero-order valence-electron chi connectivity index (χ0n) is 13.2. The first kappa shape index (κ1) is 16.2. The smallest absolute Gasteiger partial charge is 0.0765 e. The first-order valence-electron chi connectivity index (χ1n) is 8.30. The second kappa shape index (κ2) is 7.74. The van der Waals surface area contributed by atoms with Crippen LogP contribution >= 0.6 is 0 Å². The molecule has 0 aromatic heterocycles. The summed E-state index contributed by atoms with van der Waals surface area (Å²) in [7, 11) is 1.69. The molecule has 118 valence electrons. The Morgan fingerprint density at radius 1 is 1.25 bits per heavy atom. The topological polar surface area (TPSA) is 53.5 Å². The molecule has 0 aromatic rings. The van der Waals surface area contributed by atoms with E-state index in [1.807, 2.05) is 6.92 Å². The summed E-state index contributed by atoms with van der Waals surface area (Å²) in [6, 6.07) is 1.25. The minimum atomic E-state index is -0.666. The van der Waals surface area contributed by atoms with Gasteiger partial charge in [0.15, 0.2) is 0 Å². The number of methoxy groups -OCH3 is 1. The lowest BCUT2D eigenvalue weighted by atomic mass is 9.79. The standard InChI is InChI=1S/C16H32N2O2/c1-16(19,9-11-20-2)12-18-15-7-4-3-6-13(15)14-8-5-10-17-14/h13-15,17-19H,3-12H2,1-2H3. The van der Waals surface area contributed by atoms with E-state index in [0.29, 0.717) is 31.7 Å². The Morgan fingerprint density at radius 2 is 2.05 bits per heavy atom. The third-order valence-corrected chi connectivity index (χ3v) is 5.02. The normalized spacial score (nSPS) is 34.0. The van der Waals surface area contributed by atoms with Crippen molar-refractivity contribution >= 4 is 0 Å². The number of hydrogen-bond acceptors (Lipinski definition) is 4. The van der Waals surface area contributed by atoms with E-state index < -0.39 is 5.60 Å². The van der Waals surface area contributed by atoms with Crippen molar-refractivity contribution in [1.82, 2.24) is 10.6 Å². The zero-order chi connectivity index (χ0) is 14.4. The predicted octanol–water partition coefficient (Wildman–Crippen LogP) is 1.67. The van der Waals surface area contributed by atoms with Crippen LogP contribution in [-0.4, -0.2) is 49.6 Å². The summed E-state index contributed by atoms with van der Waals surface area (Å²) < 4.78 is 5.07. The lowest BCUT2D eigenvalue weighted by Crippen LogP contribution is -2.51. The minimum Gasteiger partial charge on any atom is -0.389 e. The predicted molar refractivity (Wildman–Crippen MR) is 81.9 cm³/mol. The van der Waals surface area contributed by atoms with Gasteiger partial charge < -0.3 is 20.5 Å². The molecular formula is C16H32N2O2. The van der Waals surface area contributed by atoms with Crippen molar-refractivity contribution in [1.29, 1.82) is 0 Å². The molecule has 0 radical (unpaired) electrons. The molecule has 1 saturated heterocycles. The van der Waals surface area contributed by atoms with Gasteiger partial charge in [0.2, 0.25) is 0 Å². The number of nitrogens with one attached hydrogen (secondary N) is 2. The monoisotopic (exact) mass is 284 g/mol. The van der Waals surface area contributed by atoms with Gasteiger partial charge in [0.25, 0.3) is 0 Å². The molecule has 4 nitrogen and oxygen atoms in total. The summed E-state index contributed by atoms with van der Waals surface area (Å²) >= 11 is 0. The zero-order valence-corrected chi connectivity index (χ0v) is 13.2. The van der Waals surface area contributed by atoms with Crippen LogP contribution in [0.3, 0.4) is 0 Å². The summed E-state index contributed by atoms with van der Waals surface area (Å²) in [5.41, 5.74) is -0.666. The number of hydrogen-bond donors (Lipinski definition) is 3. The van der Waals surface area contributed by atoms with E-state index >= 15 is 0 Å². The van der Waals surface area contributed by atoms with Crippen molar-refractivity contribution in [3.8, 4) is 0 Å². The van der Waals surface area contributed by atoms with Crippen LogP contribution in [-0.2, 0) is 4.74 Å². The summed E-state index contributed by atoms with van der Waals surface area (Å²) in [4.78, 5) is 0. The third-order valence-electron chi connectivity index (χ3n) is 5.02. The Kier molecular flexibility index (Phi) is 6.27. The van der Waals surface area contributed by atoms with Crippen LogP contribution in [0.25, 0.3) is 0 Å². The molecule has 1 aliphatic carbocycles. The van der Waals surface area contributed by atoms with Gasteiger partial charge in [0, 0.05) is 38.8 Å². The van der Waals surface area contributed by atoms with Gasteiger partial charge in [-0.05, 0) is 45.1 Å². The van der Waals surface area contributed by atoms with Gasteiger partial charge in [0.05, 0.1) is 5.60 Å². The van der Waals surface area contributed by atoms with Crippen LogP contribution in [0.4, 0.5) is 0 Å². The molecule has 2 fully saturated rings. The lowest BCUT2D eigenvalue weighted by Gasteiger charge is -2.38. The lowest BCUT2D eigenvalue weighted by molar-refractivity contribution is 0.0187. The molecule has 3 N–H and O–H groups in total. The molecule has 0 bridgehead atoms. The average molecular weight is 284 g/mol. The molecule has 1 saturated carbocycles. The van der Waals surface area contributed by atoms with Crippen molar-refractivity contribution < 1.29 is 9.84 Å². The van der Waals surface area contributed by atoms with Crippen LogP contribution in [0.15, 0.2) is 0 Å². The molecule has 20 heavy (non-hydrogen) atoms. The second-order valence-electron chi connectivity index (χ2n) is 6.88. The van der Waals surface area contributed by atoms with Crippen molar-refractivity contribution in [3.63, 3.8) is 0 Å². The molecule has 2 rings (SSSR count). The quantitative estimate of drug-likeness (QED) is 0.666. The van der Waals surface area contributed by atoms with E-state index in [9.17, 15) is 5.11 Å². The maximum absolute atomic E-state index is 10.4. The Labute approximate surface area is 123 Å². The van der Waals surface area contributed by atoms with Crippen LogP contribution in [0.5, 0.6) is 0 Å². The molecule has 1 aliphatic heterocycles.